The van der Waals surface area contributed by atoms with Gasteiger partial charge in [-0.05, 0) is 30.5 Å². The van der Waals surface area contributed by atoms with Crippen LogP contribution in [0.5, 0.6) is 0 Å². The molecule has 1 aliphatic carbocycles. The molecule has 0 N–H and O–H groups in total. The van der Waals surface area contributed by atoms with E-state index in [1.54, 1.807) is 0 Å². The standard InChI is InChI=1S/C23H25ClO2/c24-19-14-12-17(13-15-19)21(16-23(26)18-8-4-3-5-9-18)20-10-6-1-2-7-11-22(20)25/h3-5,8-9,12-15,20-21H,1-2,6-7,10-11,16H2/t20-,21+/m0/s1. The molecule has 0 radical (unpaired) electrons. The minimum atomic E-state index is -0.0795. The first kappa shape index (κ1) is 18.8. The summed E-state index contributed by atoms with van der Waals surface area (Å²) >= 11 is 6.05. The molecule has 26 heavy (non-hydrogen) atoms. The second-order valence-corrected chi connectivity index (χ2v) is 7.61. The number of halogens is 1. The average Bonchev–Trinajstić information content (AvgIpc) is 2.65. The Morgan fingerprint density at radius 3 is 2.38 bits per heavy atom. The number of benzene rings is 2. The SMILES string of the molecule is O=C(C[C@H](c1ccc(Cl)cc1)[C@@H]1CCCCCCC1=O)c1ccccc1. The van der Waals surface area contributed by atoms with E-state index < -0.39 is 0 Å². The normalized spacial score (nSPS) is 19.4. The van der Waals surface area contributed by atoms with E-state index in [4.69, 9.17) is 11.6 Å². The number of carbonyl (C=O) groups excluding carboxylic acids is 2. The molecule has 2 atom stereocenters. The summed E-state index contributed by atoms with van der Waals surface area (Å²) in [4.78, 5) is 25.7. The molecule has 2 aromatic rings. The van der Waals surface area contributed by atoms with Crippen LogP contribution in [0.4, 0.5) is 0 Å². The van der Waals surface area contributed by atoms with Gasteiger partial charge in [-0.3, -0.25) is 9.59 Å². The summed E-state index contributed by atoms with van der Waals surface area (Å²) in [5, 5.41) is 0.672. The van der Waals surface area contributed by atoms with Gasteiger partial charge in [0, 0.05) is 35.3 Å². The van der Waals surface area contributed by atoms with Crippen molar-refractivity contribution in [2.24, 2.45) is 5.92 Å². The lowest BCUT2D eigenvalue weighted by atomic mass is 9.75. The quantitative estimate of drug-likeness (QED) is 0.585. The van der Waals surface area contributed by atoms with Crippen molar-refractivity contribution in [2.75, 3.05) is 0 Å². The van der Waals surface area contributed by atoms with Gasteiger partial charge < -0.3 is 0 Å². The molecule has 0 unspecified atom stereocenters. The van der Waals surface area contributed by atoms with Crippen LogP contribution in [0.3, 0.4) is 0 Å². The van der Waals surface area contributed by atoms with Gasteiger partial charge in [0.15, 0.2) is 5.78 Å². The smallest absolute Gasteiger partial charge is 0.163 e. The van der Waals surface area contributed by atoms with Crippen LogP contribution in [-0.2, 0) is 4.79 Å². The van der Waals surface area contributed by atoms with Crippen LogP contribution in [0.1, 0.15) is 66.8 Å². The number of rotatable bonds is 5. The number of Topliss-reactive ketones (excluding diaryl/α,β-unsaturated/α-hetero) is 2. The van der Waals surface area contributed by atoms with E-state index in [9.17, 15) is 9.59 Å². The topological polar surface area (TPSA) is 34.1 Å². The van der Waals surface area contributed by atoms with Crippen molar-refractivity contribution in [2.45, 2.75) is 50.9 Å². The van der Waals surface area contributed by atoms with Gasteiger partial charge in [0.2, 0.25) is 0 Å². The molecule has 0 saturated heterocycles. The van der Waals surface area contributed by atoms with Crippen molar-refractivity contribution < 1.29 is 9.59 Å². The Labute approximate surface area is 160 Å². The molecule has 136 valence electrons. The molecule has 0 spiro atoms. The summed E-state index contributed by atoms with van der Waals surface area (Å²) in [6.07, 6.45) is 6.19. The van der Waals surface area contributed by atoms with E-state index >= 15 is 0 Å². The van der Waals surface area contributed by atoms with Crippen molar-refractivity contribution in [3.8, 4) is 0 Å². The Bertz CT molecular complexity index is 737. The third kappa shape index (κ3) is 4.82. The Morgan fingerprint density at radius 2 is 1.65 bits per heavy atom. The molecular formula is C23H25ClO2. The lowest BCUT2D eigenvalue weighted by Crippen LogP contribution is -2.26. The van der Waals surface area contributed by atoms with Crippen LogP contribution in [0.15, 0.2) is 54.6 Å². The number of hydrogen-bond acceptors (Lipinski definition) is 2. The van der Waals surface area contributed by atoms with E-state index in [-0.39, 0.29) is 17.6 Å². The summed E-state index contributed by atoms with van der Waals surface area (Å²) < 4.78 is 0. The fraction of sp³-hybridized carbons (Fsp3) is 0.391. The summed E-state index contributed by atoms with van der Waals surface area (Å²) in [6, 6.07) is 17.0. The summed E-state index contributed by atoms with van der Waals surface area (Å²) in [6.45, 7) is 0. The van der Waals surface area contributed by atoms with Crippen molar-refractivity contribution in [3.63, 3.8) is 0 Å². The molecule has 0 heterocycles. The molecule has 0 bridgehead atoms. The minimum absolute atomic E-state index is 0.0782. The van der Waals surface area contributed by atoms with Crippen LogP contribution < -0.4 is 0 Å². The summed E-state index contributed by atoms with van der Waals surface area (Å²) in [5.41, 5.74) is 1.75. The van der Waals surface area contributed by atoms with Crippen LogP contribution in [0.25, 0.3) is 0 Å². The average molecular weight is 369 g/mol. The van der Waals surface area contributed by atoms with E-state index in [0.717, 1.165) is 31.2 Å². The van der Waals surface area contributed by atoms with Gasteiger partial charge in [0.25, 0.3) is 0 Å². The highest BCUT2D eigenvalue weighted by molar-refractivity contribution is 6.30. The van der Waals surface area contributed by atoms with Gasteiger partial charge in [-0.1, -0.05) is 73.3 Å². The summed E-state index contributed by atoms with van der Waals surface area (Å²) in [7, 11) is 0. The second kappa shape index (κ2) is 9.14. The summed E-state index contributed by atoms with van der Waals surface area (Å²) in [5.74, 6) is 0.251. The van der Waals surface area contributed by atoms with E-state index in [1.807, 2.05) is 54.6 Å². The largest absolute Gasteiger partial charge is 0.299 e. The first-order valence-corrected chi connectivity index (χ1v) is 9.89. The molecule has 2 aromatic carbocycles. The fourth-order valence-electron chi connectivity index (χ4n) is 3.93. The third-order valence-corrected chi connectivity index (χ3v) is 5.64. The monoisotopic (exact) mass is 368 g/mol. The highest BCUT2D eigenvalue weighted by atomic mass is 35.5. The Kier molecular flexibility index (Phi) is 6.62. The lowest BCUT2D eigenvalue weighted by molar-refractivity contribution is -0.124. The molecule has 1 saturated carbocycles. The molecule has 0 amide bonds. The Balaban J connectivity index is 1.89. The zero-order chi connectivity index (χ0) is 18.4. The second-order valence-electron chi connectivity index (χ2n) is 7.18. The maximum absolute atomic E-state index is 12.9. The van der Waals surface area contributed by atoms with Crippen molar-refractivity contribution in [1.29, 1.82) is 0 Å². The molecular weight excluding hydrogens is 344 g/mol. The van der Waals surface area contributed by atoms with Crippen molar-refractivity contribution >= 4 is 23.2 Å². The molecule has 3 rings (SSSR count). The van der Waals surface area contributed by atoms with Crippen molar-refractivity contribution in [3.05, 3.63) is 70.7 Å². The van der Waals surface area contributed by atoms with Gasteiger partial charge in [0.05, 0.1) is 0 Å². The van der Waals surface area contributed by atoms with E-state index in [0.29, 0.717) is 29.2 Å². The van der Waals surface area contributed by atoms with Gasteiger partial charge in [0.1, 0.15) is 5.78 Å². The first-order valence-electron chi connectivity index (χ1n) is 9.51. The van der Waals surface area contributed by atoms with Crippen LogP contribution in [0, 0.1) is 5.92 Å². The van der Waals surface area contributed by atoms with E-state index in [2.05, 4.69) is 0 Å². The number of ketones is 2. The minimum Gasteiger partial charge on any atom is -0.299 e. The zero-order valence-corrected chi connectivity index (χ0v) is 15.8. The van der Waals surface area contributed by atoms with E-state index in [1.165, 1.54) is 6.42 Å². The molecule has 0 aromatic heterocycles. The zero-order valence-electron chi connectivity index (χ0n) is 15.0. The highest BCUT2D eigenvalue weighted by Crippen LogP contribution is 2.36. The van der Waals surface area contributed by atoms with Crippen LogP contribution >= 0.6 is 11.6 Å². The van der Waals surface area contributed by atoms with Crippen molar-refractivity contribution in [1.82, 2.24) is 0 Å². The van der Waals surface area contributed by atoms with Gasteiger partial charge >= 0.3 is 0 Å². The van der Waals surface area contributed by atoms with Crippen LogP contribution in [0.2, 0.25) is 5.02 Å². The molecule has 0 aliphatic heterocycles. The third-order valence-electron chi connectivity index (χ3n) is 5.39. The van der Waals surface area contributed by atoms with Gasteiger partial charge in [-0.15, -0.1) is 0 Å². The number of hydrogen-bond donors (Lipinski definition) is 0. The maximum atomic E-state index is 12.9. The molecule has 3 heteroatoms. The highest BCUT2D eigenvalue weighted by Gasteiger charge is 2.31. The predicted octanol–water partition coefficient (Wildman–Crippen LogP) is 6.24. The van der Waals surface area contributed by atoms with Crippen LogP contribution in [-0.4, -0.2) is 11.6 Å². The molecule has 2 nitrogen and oxygen atoms in total. The Hall–Kier alpha value is -1.93. The predicted molar refractivity (Wildman–Crippen MR) is 106 cm³/mol. The van der Waals surface area contributed by atoms with Gasteiger partial charge in [-0.25, -0.2) is 0 Å². The lowest BCUT2D eigenvalue weighted by Gasteiger charge is -2.28. The fourth-order valence-corrected chi connectivity index (χ4v) is 4.06. The number of carbonyl (C=O) groups is 2. The maximum Gasteiger partial charge on any atom is 0.163 e. The van der Waals surface area contributed by atoms with Gasteiger partial charge in [-0.2, -0.15) is 0 Å². The molecule has 1 aliphatic rings. The first-order chi connectivity index (χ1) is 12.6. The molecule has 1 fully saturated rings. The Morgan fingerprint density at radius 1 is 0.962 bits per heavy atom.